The first-order valence-corrected chi connectivity index (χ1v) is 10.9. The molecule has 4 aliphatic carbocycles. The van der Waals surface area contributed by atoms with Crippen LogP contribution in [0.1, 0.15) is 65.7 Å². The Balaban J connectivity index is 1.69. The Hall–Kier alpha value is -0.670. The van der Waals surface area contributed by atoms with Crippen LogP contribution in [0, 0.1) is 34.5 Å². The Labute approximate surface area is 159 Å². The summed E-state index contributed by atoms with van der Waals surface area (Å²) in [7, 11) is 4.48. The molecule has 0 bridgehead atoms. The Bertz CT molecular complexity index is 626. The first-order valence-electron chi connectivity index (χ1n) is 10.9. The summed E-state index contributed by atoms with van der Waals surface area (Å²) in [6.45, 7) is 6.76. The lowest BCUT2D eigenvalue weighted by Gasteiger charge is -2.57. The highest BCUT2D eigenvalue weighted by atomic mass is 16.3. The molecule has 3 saturated carbocycles. The summed E-state index contributed by atoms with van der Waals surface area (Å²) in [5.74, 6) is 2.79. The van der Waals surface area contributed by atoms with E-state index in [-0.39, 0.29) is 22.9 Å². The summed E-state index contributed by atoms with van der Waals surface area (Å²) in [6, 6.07) is 0.479. The third-order valence-corrected chi connectivity index (χ3v) is 9.32. The number of hydrogen-bond acceptors (Lipinski definition) is 2. The average Bonchev–Trinajstić information content (AvgIpc) is 2.89. The van der Waals surface area contributed by atoms with E-state index < -0.39 is 0 Å². The van der Waals surface area contributed by atoms with E-state index in [0.29, 0.717) is 17.7 Å². The zero-order valence-electron chi connectivity index (χ0n) is 17.3. The van der Waals surface area contributed by atoms with E-state index in [0.717, 1.165) is 31.1 Å². The van der Waals surface area contributed by atoms with Crippen molar-refractivity contribution in [2.24, 2.45) is 34.5 Å². The molecule has 0 aromatic rings. The summed E-state index contributed by atoms with van der Waals surface area (Å²) < 4.78 is 0. The van der Waals surface area contributed by atoms with Gasteiger partial charge in [0.05, 0.1) is 32.2 Å². The topological polar surface area (TPSA) is 41.7 Å². The van der Waals surface area contributed by atoms with Crippen molar-refractivity contribution in [1.82, 2.24) is 0 Å². The highest BCUT2D eigenvalue weighted by Gasteiger charge is 2.63. The lowest BCUT2D eigenvalue weighted by molar-refractivity contribution is -0.888. The highest BCUT2D eigenvalue weighted by Crippen LogP contribution is 2.66. The summed E-state index contributed by atoms with van der Waals surface area (Å²) in [5.41, 5.74) is 2.01. The van der Waals surface area contributed by atoms with E-state index in [1.54, 1.807) is 0 Å². The smallest absolute Gasteiger partial charge is 0.139 e. The standard InChI is InChI=1S/C23H37NO2/c1-14(25)21-20(24(4)5)13-19-17-7-6-15-12-16(26)8-10-22(15,2)18(17)9-11-23(19,21)3/h6,16-21,26H,7-13H2,1-5H3/p+1/t16-,17+,18-,19+,20-,21-,22-,23-/m0/s1. The van der Waals surface area contributed by atoms with Crippen molar-refractivity contribution < 1.29 is 14.8 Å². The fourth-order valence-electron chi connectivity index (χ4n) is 8.01. The van der Waals surface area contributed by atoms with E-state index in [2.05, 4.69) is 34.0 Å². The second kappa shape index (κ2) is 6.17. The van der Waals surface area contributed by atoms with Crippen molar-refractivity contribution in [2.45, 2.75) is 77.9 Å². The molecule has 0 saturated heterocycles. The average molecular weight is 361 g/mol. The zero-order chi connectivity index (χ0) is 18.9. The van der Waals surface area contributed by atoms with Crippen molar-refractivity contribution >= 4 is 5.78 Å². The summed E-state index contributed by atoms with van der Waals surface area (Å²) >= 11 is 0. The maximum atomic E-state index is 12.7. The van der Waals surface area contributed by atoms with Gasteiger partial charge in [-0.2, -0.15) is 0 Å². The molecule has 26 heavy (non-hydrogen) atoms. The van der Waals surface area contributed by atoms with Gasteiger partial charge in [-0.3, -0.25) is 4.79 Å². The van der Waals surface area contributed by atoms with Crippen LogP contribution in [0.2, 0.25) is 0 Å². The van der Waals surface area contributed by atoms with Crippen molar-refractivity contribution in [3.05, 3.63) is 11.6 Å². The highest BCUT2D eigenvalue weighted by molar-refractivity contribution is 5.80. The maximum absolute atomic E-state index is 12.7. The van der Waals surface area contributed by atoms with Gasteiger partial charge in [-0.25, -0.2) is 0 Å². The van der Waals surface area contributed by atoms with Gasteiger partial charge in [-0.15, -0.1) is 0 Å². The minimum Gasteiger partial charge on any atom is -0.393 e. The molecular formula is C23H38NO2+. The van der Waals surface area contributed by atoms with Gasteiger partial charge >= 0.3 is 0 Å². The van der Waals surface area contributed by atoms with E-state index in [1.165, 1.54) is 36.2 Å². The molecule has 0 heterocycles. The number of aliphatic hydroxyl groups excluding tert-OH is 1. The molecule has 3 heteroatoms. The Kier molecular flexibility index (Phi) is 4.43. The number of carbonyl (C=O) groups excluding carboxylic acids is 1. The van der Waals surface area contributed by atoms with Gasteiger partial charge < -0.3 is 10.0 Å². The molecule has 0 amide bonds. The fourth-order valence-corrected chi connectivity index (χ4v) is 8.01. The number of allylic oxidation sites excluding steroid dienone is 1. The lowest BCUT2D eigenvalue weighted by Crippen LogP contribution is -3.10. The van der Waals surface area contributed by atoms with Crippen LogP contribution in [0.4, 0.5) is 0 Å². The van der Waals surface area contributed by atoms with Crippen LogP contribution in [0.3, 0.4) is 0 Å². The van der Waals surface area contributed by atoms with Gasteiger partial charge in [0.25, 0.3) is 0 Å². The van der Waals surface area contributed by atoms with Gasteiger partial charge in [-0.1, -0.05) is 25.5 Å². The first kappa shape index (κ1) is 18.7. The van der Waals surface area contributed by atoms with E-state index in [9.17, 15) is 9.90 Å². The van der Waals surface area contributed by atoms with Crippen LogP contribution in [0.25, 0.3) is 0 Å². The van der Waals surface area contributed by atoms with Crippen LogP contribution in [0.15, 0.2) is 11.6 Å². The van der Waals surface area contributed by atoms with E-state index >= 15 is 0 Å². The second-order valence-corrected chi connectivity index (χ2v) is 10.7. The number of fused-ring (bicyclic) bond motifs is 5. The SMILES string of the molecule is CC(=O)[C@H]1[C@@H]([NH+](C)C)C[C@@H]2[C@@H]3CC=C4C[C@@H](O)CC[C@]4(C)[C@H]3CC[C@@]21C. The van der Waals surface area contributed by atoms with E-state index in [4.69, 9.17) is 0 Å². The summed E-state index contributed by atoms with van der Waals surface area (Å²) in [4.78, 5) is 14.1. The molecular weight excluding hydrogens is 322 g/mol. The third kappa shape index (κ3) is 2.49. The zero-order valence-corrected chi connectivity index (χ0v) is 17.3. The molecule has 0 spiro atoms. The molecule has 3 nitrogen and oxygen atoms in total. The first-order chi connectivity index (χ1) is 12.2. The largest absolute Gasteiger partial charge is 0.393 e. The molecule has 3 fully saturated rings. The van der Waals surface area contributed by atoms with Gasteiger partial charge in [0, 0.05) is 6.42 Å². The van der Waals surface area contributed by atoms with Crippen LogP contribution in [-0.2, 0) is 4.79 Å². The van der Waals surface area contributed by atoms with Gasteiger partial charge in [0.15, 0.2) is 0 Å². The van der Waals surface area contributed by atoms with Crippen molar-refractivity contribution in [2.75, 3.05) is 14.1 Å². The molecule has 0 aliphatic heterocycles. The molecule has 0 radical (unpaired) electrons. The maximum Gasteiger partial charge on any atom is 0.139 e. The minimum absolute atomic E-state index is 0.130. The normalized spacial score (nSPS) is 50.7. The second-order valence-electron chi connectivity index (χ2n) is 10.7. The molecule has 146 valence electrons. The molecule has 0 aromatic carbocycles. The Morgan fingerprint density at radius 2 is 1.92 bits per heavy atom. The number of hydrogen-bond donors (Lipinski definition) is 2. The molecule has 4 rings (SSSR count). The quantitative estimate of drug-likeness (QED) is 0.744. The van der Waals surface area contributed by atoms with Crippen LogP contribution < -0.4 is 4.90 Å². The molecule has 2 N–H and O–H groups in total. The predicted molar refractivity (Wildman–Crippen MR) is 104 cm³/mol. The summed E-state index contributed by atoms with van der Waals surface area (Å²) in [5, 5.41) is 10.2. The van der Waals surface area contributed by atoms with Crippen molar-refractivity contribution in [1.29, 1.82) is 0 Å². The summed E-state index contributed by atoms with van der Waals surface area (Å²) in [6.07, 6.45) is 10.2. The number of carbonyl (C=O) groups is 1. The van der Waals surface area contributed by atoms with Gasteiger partial charge in [0.1, 0.15) is 5.78 Å². The van der Waals surface area contributed by atoms with Gasteiger partial charge in [-0.05, 0) is 74.0 Å². The van der Waals surface area contributed by atoms with Gasteiger partial charge in [0.2, 0.25) is 0 Å². The monoisotopic (exact) mass is 360 g/mol. The fraction of sp³-hybridized carbons (Fsp3) is 0.870. The molecule has 0 unspecified atom stereocenters. The lowest BCUT2D eigenvalue weighted by atomic mass is 9.47. The van der Waals surface area contributed by atoms with E-state index in [1.807, 2.05) is 6.92 Å². The number of aliphatic hydroxyl groups is 1. The molecule has 4 aliphatic rings. The van der Waals surface area contributed by atoms with Crippen LogP contribution >= 0.6 is 0 Å². The number of nitrogens with one attached hydrogen (secondary N) is 1. The van der Waals surface area contributed by atoms with Crippen LogP contribution in [-0.4, -0.2) is 37.1 Å². The van der Waals surface area contributed by atoms with Crippen molar-refractivity contribution in [3.8, 4) is 0 Å². The molecule has 8 atom stereocenters. The molecule has 0 aromatic heterocycles. The Morgan fingerprint density at radius 1 is 1.19 bits per heavy atom. The van der Waals surface area contributed by atoms with Crippen LogP contribution in [0.5, 0.6) is 0 Å². The predicted octanol–water partition coefficient (Wildman–Crippen LogP) is 2.64. The van der Waals surface area contributed by atoms with Crippen molar-refractivity contribution in [3.63, 3.8) is 0 Å². The number of rotatable bonds is 2. The number of ketones is 1. The Morgan fingerprint density at radius 3 is 2.58 bits per heavy atom. The number of Topliss-reactive ketones (excluding diaryl/α,β-unsaturated/α-hetero) is 1. The third-order valence-electron chi connectivity index (χ3n) is 9.32. The number of quaternary nitrogens is 1. The minimum atomic E-state index is -0.130.